The van der Waals surface area contributed by atoms with Crippen LogP contribution in [-0.4, -0.2) is 15.9 Å². The van der Waals surface area contributed by atoms with Gasteiger partial charge in [-0.3, -0.25) is 9.78 Å². The molecule has 1 amide bonds. The van der Waals surface area contributed by atoms with Crippen molar-refractivity contribution >= 4 is 28.5 Å². The molecule has 4 rings (SSSR count). The van der Waals surface area contributed by atoms with Gasteiger partial charge in [-0.2, -0.15) is 0 Å². The molecule has 1 N–H and O–H groups in total. The van der Waals surface area contributed by atoms with Crippen molar-refractivity contribution in [2.75, 3.05) is 0 Å². The largest absolute Gasteiger partial charge is 0.344 e. The fraction of sp³-hybridized carbons (Fsp3) is 0.211. The van der Waals surface area contributed by atoms with Crippen molar-refractivity contribution in [3.8, 4) is 0 Å². The number of halogens is 1. The standard InChI is InChI=1S/C19H16ClN3O/c20-14-9-7-13(8-10-14)18(12-5-6-12)23-19(24)17-11-21-15-3-1-2-4-16(15)22-17/h1-4,7-12,18H,5-6H2,(H,23,24)/t18-/m1/s1. The fourth-order valence-corrected chi connectivity index (χ4v) is 2.98. The van der Waals surface area contributed by atoms with Gasteiger partial charge in [0.25, 0.3) is 5.91 Å². The number of hydrogen-bond acceptors (Lipinski definition) is 3. The van der Waals surface area contributed by atoms with E-state index in [9.17, 15) is 4.79 Å². The number of rotatable bonds is 4. The van der Waals surface area contributed by atoms with Crippen LogP contribution in [0.4, 0.5) is 0 Å². The molecule has 1 aliphatic rings. The highest BCUT2D eigenvalue weighted by Crippen LogP contribution is 2.41. The fourth-order valence-electron chi connectivity index (χ4n) is 2.85. The Morgan fingerprint density at radius 3 is 2.50 bits per heavy atom. The molecule has 0 aliphatic heterocycles. The van der Waals surface area contributed by atoms with Gasteiger partial charge in [0.05, 0.1) is 23.3 Å². The molecule has 24 heavy (non-hydrogen) atoms. The van der Waals surface area contributed by atoms with E-state index >= 15 is 0 Å². The van der Waals surface area contributed by atoms with E-state index in [0.717, 1.165) is 29.4 Å². The van der Waals surface area contributed by atoms with E-state index < -0.39 is 0 Å². The van der Waals surface area contributed by atoms with Gasteiger partial charge in [-0.15, -0.1) is 0 Å². The van der Waals surface area contributed by atoms with Gasteiger partial charge in [-0.25, -0.2) is 4.98 Å². The van der Waals surface area contributed by atoms with E-state index in [1.807, 2.05) is 48.5 Å². The van der Waals surface area contributed by atoms with Crippen LogP contribution in [0.25, 0.3) is 11.0 Å². The zero-order chi connectivity index (χ0) is 16.5. The van der Waals surface area contributed by atoms with Gasteiger partial charge in [-0.1, -0.05) is 35.9 Å². The molecule has 1 heterocycles. The Morgan fingerprint density at radius 2 is 1.79 bits per heavy atom. The van der Waals surface area contributed by atoms with Crippen LogP contribution in [0.5, 0.6) is 0 Å². The zero-order valence-electron chi connectivity index (χ0n) is 12.9. The summed E-state index contributed by atoms with van der Waals surface area (Å²) >= 11 is 5.96. The van der Waals surface area contributed by atoms with Crippen LogP contribution in [0.3, 0.4) is 0 Å². The lowest BCUT2D eigenvalue weighted by Crippen LogP contribution is -2.30. The van der Waals surface area contributed by atoms with Crippen molar-refractivity contribution in [1.29, 1.82) is 0 Å². The summed E-state index contributed by atoms with van der Waals surface area (Å²) in [5, 5.41) is 3.81. The normalized spacial score (nSPS) is 15.2. The van der Waals surface area contributed by atoms with E-state index in [4.69, 9.17) is 11.6 Å². The quantitative estimate of drug-likeness (QED) is 0.777. The van der Waals surface area contributed by atoms with E-state index in [-0.39, 0.29) is 11.9 Å². The van der Waals surface area contributed by atoms with Crippen molar-refractivity contribution in [1.82, 2.24) is 15.3 Å². The second-order valence-corrected chi connectivity index (χ2v) is 6.52. The Bertz CT molecular complexity index is 891. The predicted molar refractivity (Wildman–Crippen MR) is 93.9 cm³/mol. The maximum absolute atomic E-state index is 12.6. The molecule has 0 saturated heterocycles. The lowest BCUT2D eigenvalue weighted by molar-refractivity contribution is 0.0926. The average Bonchev–Trinajstić information content (AvgIpc) is 3.45. The summed E-state index contributed by atoms with van der Waals surface area (Å²) in [6, 6.07) is 15.2. The summed E-state index contributed by atoms with van der Waals surface area (Å²) in [4.78, 5) is 21.4. The first kappa shape index (κ1) is 15.1. The third kappa shape index (κ3) is 3.10. The number of para-hydroxylation sites is 2. The van der Waals surface area contributed by atoms with E-state index in [1.165, 1.54) is 6.20 Å². The molecule has 5 heteroatoms. The average molecular weight is 338 g/mol. The molecule has 1 fully saturated rings. The SMILES string of the molecule is O=C(N[C@@H](c1ccc(Cl)cc1)C1CC1)c1cnc2ccccc2n1. The van der Waals surface area contributed by atoms with Crippen LogP contribution in [0, 0.1) is 5.92 Å². The highest BCUT2D eigenvalue weighted by molar-refractivity contribution is 6.30. The summed E-state index contributed by atoms with van der Waals surface area (Å²) in [7, 11) is 0. The van der Waals surface area contributed by atoms with Gasteiger partial charge in [0.1, 0.15) is 5.69 Å². The molecule has 0 radical (unpaired) electrons. The first-order chi connectivity index (χ1) is 11.7. The molecule has 4 nitrogen and oxygen atoms in total. The van der Waals surface area contributed by atoms with Gasteiger partial charge < -0.3 is 5.32 Å². The van der Waals surface area contributed by atoms with Crippen LogP contribution in [-0.2, 0) is 0 Å². The van der Waals surface area contributed by atoms with Crippen LogP contribution < -0.4 is 5.32 Å². The van der Waals surface area contributed by atoms with E-state index in [1.54, 1.807) is 0 Å². The monoisotopic (exact) mass is 337 g/mol. The predicted octanol–water partition coefficient (Wildman–Crippen LogP) is 4.16. The molecule has 120 valence electrons. The van der Waals surface area contributed by atoms with Crippen LogP contribution in [0.1, 0.15) is 34.9 Å². The van der Waals surface area contributed by atoms with Crippen LogP contribution in [0.15, 0.2) is 54.7 Å². The van der Waals surface area contributed by atoms with Crippen molar-refractivity contribution in [2.45, 2.75) is 18.9 Å². The van der Waals surface area contributed by atoms with Crippen molar-refractivity contribution in [3.05, 3.63) is 71.0 Å². The van der Waals surface area contributed by atoms with Gasteiger partial charge in [-0.05, 0) is 48.6 Å². The second kappa shape index (κ2) is 6.21. The number of carbonyl (C=O) groups excluding carboxylic acids is 1. The lowest BCUT2D eigenvalue weighted by Gasteiger charge is -2.18. The van der Waals surface area contributed by atoms with E-state index in [2.05, 4.69) is 15.3 Å². The Morgan fingerprint density at radius 1 is 1.08 bits per heavy atom. The number of carbonyl (C=O) groups is 1. The smallest absolute Gasteiger partial charge is 0.271 e. The molecular formula is C19H16ClN3O. The number of aromatic nitrogens is 2. The summed E-state index contributed by atoms with van der Waals surface area (Å²) in [5.74, 6) is 0.281. The third-order valence-electron chi connectivity index (χ3n) is 4.29. The maximum Gasteiger partial charge on any atom is 0.271 e. The molecule has 1 saturated carbocycles. The number of nitrogens with zero attached hydrogens (tertiary/aromatic N) is 2. The zero-order valence-corrected chi connectivity index (χ0v) is 13.7. The highest BCUT2D eigenvalue weighted by Gasteiger charge is 2.33. The number of hydrogen-bond donors (Lipinski definition) is 1. The van der Waals surface area contributed by atoms with Gasteiger partial charge in [0, 0.05) is 5.02 Å². The van der Waals surface area contributed by atoms with Crippen molar-refractivity contribution in [2.24, 2.45) is 5.92 Å². The molecule has 1 aromatic heterocycles. The second-order valence-electron chi connectivity index (χ2n) is 6.08. The Hall–Kier alpha value is -2.46. The number of amides is 1. The van der Waals surface area contributed by atoms with Gasteiger partial charge in [0.15, 0.2) is 0 Å². The molecule has 3 aromatic rings. The highest BCUT2D eigenvalue weighted by atomic mass is 35.5. The summed E-state index contributed by atoms with van der Waals surface area (Å²) in [5.41, 5.74) is 2.92. The van der Waals surface area contributed by atoms with Crippen molar-refractivity contribution in [3.63, 3.8) is 0 Å². The molecule has 0 spiro atoms. The minimum Gasteiger partial charge on any atom is -0.344 e. The molecule has 0 bridgehead atoms. The molecule has 1 aliphatic carbocycles. The molecule has 2 aromatic carbocycles. The molecule has 1 atom stereocenters. The third-order valence-corrected chi connectivity index (χ3v) is 4.54. The number of nitrogens with one attached hydrogen (secondary N) is 1. The maximum atomic E-state index is 12.6. The first-order valence-electron chi connectivity index (χ1n) is 7.99. The summed E-state index contributed by atoms with van der Waals surface area (Å²) in [6.45, 7) is 0. The molecule has 0 unspecified atom stereocenters. The van der Waals surface area contributed by atoms with Crippen molar-refractivity contribution < 1.29 is 4.79 Å². The van der Waals surface area contributed by atoms with Gasteiger partial charge in [0.2, 0.25) is 0 Å². The number of fused-ring (bicyclic) bond motifs is 1. The van der Waals surface area contributed by atoms with Crippen LogP contribution in [0.2, 0.25) is 5.02 Å². The topological polar surface area (TPSA) is 54.9 Å². The number of benzene rings is 2. The van der Waals surface area contributed by atoms with Crippen LogP contribution >= 0.6 is 11.6 Å². The summed E-state index contributed by atoms with van der Waals surface area (Å²) < 4.78 is 0. The van der Waals surface area contributed by atoms with Gasteiger partial charge >= 0.3 is 0 Å². The Labute approximate surface area is 144 Å². The minimum absolute atomic E-state index is 0.0111. The Balaban J connectivity index is 1.59. The minimum atomic E-state index is -0.194. The molecular weight excluding hydrogens is 322 g/mol. The first-order valence-corrected chi connectivity index (χ1v) is 8.36. The van der Waals surface area contributed by atoms with E-state index in [0.29, 0.717) is 16.6 Å². The summed E-state index contributed by atoms with van der Waals surface area (Å²) in [6.07, 6.45) is 3.78. The Kier molecular flexibility index (Phi) is 3.90. The lowest BCUT2D eigenvalue weighted by atomic mass is 10.0.